The maximum Gasteiger partial charge on any atom is 0.460 e. The van der Waals surface area contributed by atoms with Gasteiger partial charge in [-0.25, -0.2) is 0 Å². The summed E-state index contributed by atoms with van der Waals surface area (Å²) < 4.78 is 183. The van der Waals surface area contributed by atoms with Crippen LogP contribution in [0.5, 0.6) is 0 Å². The summed E-state index contributed by atoms with van der Waals surface area (Å²) >= 11 is 0. The zero-order valence-corrected chi connectivity index (χ0v) is 27.7. The number of hydrogen-bond acceptors (Lipinski definition) is 1. The van der Waals surface area contributed by atoms with E-state index in [2.05, 4.69) is 6.58 Å². The highest BCUT2D eigenvalue weighted by molar-refractivity contribution is 6.10. The molecule has 0 bridgehead atoms. The van der Waals surface area contributed by atoms with E-state index >= 15 is 0 Å². The van der Waals surface area contributed by atoms with Gasteiger partial charge in [0.05, 0.1) is 28.6 Å². The minimum absolute atomic E-state index is 0.101. The number of alkyl halides is 13. The fourth-order valence-electron chi connectivity index (χ4n) is 6.66. The summed E-state index contributed by atoms with van der Waals surface area (Å²) in [6.07, 6.45) is -7.49. The third-order valence-corrected chi connectivity index (χ3v) is 9.45. The Labute approximate surface area is 301 Å². The molecule has 2 heterocycles. The fourth-order valence-corrected chi connectivity index (χ4v) is 6.66. The second kappa shape index (κ2) is 12.4. The number of nitrogens with one attached hydrogen (secondary N) is 1. The molecule has 0 saturated carbocycles. The van der Waals surface area contributed by atoms with Crippen LogP contribution in [0, 0.1) is 0 Å². The van der Waals surface area contributed by atoms with Crippen molar-refractivity contribution in [3.63, 3.8) is 0 Å². The van der Waals surface area contributed by atoms with Crippen molar-refractivity contribution in [1.29, 1.82) is 0 Å². The molecule has 5 aromatic carbocycles. The Morgan fingerprint density at radius 2 is 0.782 bits per heavy atom. The molecule has 2 aromatic heterocycles. The van der Waals surface area contributed by atoms with Crippen LogP contribution < -0.4 is 5.32 Å². The van der Waals surface area contributed by atoms with Gasteiger partial charge >= 0.3 is 35.8 Å². The molecular formula is C39H24F13N3. The summed E-state index contributed by atoms with van der Waals surface area (Å²) in [5.74, 6) is -37.5. The minimum atomic E-state index is -7.99. The highest BCUT2D eigenvalue weighted by Gasteiger charge is 2.90. The minimum Gasteiger partial charge on any atom is -0.379 e. The first kappa shape index (κ1) is 37.6. The lowest BCUT2D eigenvalue weighted by Gasteiger charge is -2.39. The zero-order chi connectivity index (χ0) is 39.9. The van der Waals surface area contributed by atoms with Crippen molar-refractivity contribution < 1.29 is 57.1 Å². The van der Waals surface area contributed by atoms with E-state index in [0.717, 1.165) is 21.5 Å². The van der Waals surface area contributed by atoms with Crippen LogP contribution in [0.2, 0.25) is 0 Å². The first-order valence-corrected chi connectivity index (χ1v) is 16.2. The summed E-state index contributed by atoms with van der Waals surface area (Å²) in [6, 6.07) is 33.5. The van der Waals surface area contributed by atoms with Gasteiger partial charge in [-0.05, 0) is 42.5 Å². The van der Waals surface area contributed by atoms with E-state index < -0.39 is 48.0 Å². The Bertz CT molecular complexity index is 2380. The van der Waals surface area contributed by atoms with Crippen LogP contribution in [0.15, 0.2) is 122 Å². The Hall–Kier alpha value is -5.67. The summed E-state index contributed by atoms with van der Waals surface area (Å²) in [4.78, 5) is 0. The van der Waals surface area contributed by atoms with Crippen molar-refractivity contribution in [3.05, 3.63) is 127 Å². The van der Waals surface area contributed by atoms with E-state index in [0.29, 0.717) is 33.4 Å². The first-order chi connectivity index (χ1) is 25.6. The molecule has 0 aliphatic heterocycles. The summed E-state index contributed by atoms with van der Waals surface area (Å²) in [5.41, 5.74) is 2.71. The molecule has 7 aromatic rings. The molecule has 7 rings (SSSR count). The second-order valence-electron chi connectivity index (χ2n) is 12.8. The maximum absolute atomic E-state index is 14.9. The van der Waals surface area contributed by atoms with Crippen LogP contribution in [0.3, 0.4) is 0 Å². The number of halogens is 13. The topological polar surface area (TPSA) is 21.9 Å². The predicted molar refractivity (Wildman–Crippen MR) is 183 cm³/mol. The zero-order valence-electron chi connectivity index (χ0n) is 27.7. The Morgan fingerprint density at radius 3 is 1.13 bits per heavy atom. The molecular weight excluding hydrogens is 757 g/mol. The molecule has 0 saturated heterocycles. The fraction of sp³-hybridized carbons (Fsp3) is 0.179. The molecule has 0 spiro atoms. The molecule has 3 nitrogen and oxygen atoms in total. The SMILES string of the molecule is C=C(NCC(F)(F)C(F)(F)C(F)(F)C(F)(F)C(F)(F)C(F)(F)F)c1cc(-n2c3ccccc3c3ccccc32)cc(-n2c3ccccc3c3ccccc32)c1. The second-order valence-corrected chi connectivity index (χ2v) is 12.8. The number of fused-ring (bicyclic) bond motifs is 6. The van der Waals surface area contributed by atoms with Crippen LogP contribution in [-0.2, 0) is 0 Å². The summed E-state index contributed by atoms with van der Waals surface area (Å²) in [7, 11) is 0. The van der Waals surface area contributed by atoms with Gasteiger partial charge in [0.1, 0.15) is 0 Å². The van der Waals surface area contributed by atoms with E-state index in [1.807, 2.05) is 57.7 Å². The number of hydrogen-bond donors (Lipinski definition) is 1. The van der Waals surface area contributed by atoms with Gasteiger partial charge in [-0.15, -0.1) is 0 Å². The van der Waals surface area contributed by atoms with Gasteiger partial charge in [0.25, 0.3) is 0 Å². The molecule has 0 fully saturated rings. The van der Waals surface area contributed by atoms with Crippen LogP contribution >= 0.6 is 0 Å². The first-order valence-electron chi connectivity index (χ1n) is 16.2. The Kier molecular flexibility index (Phi) is 8.51. The molecule has 0 unspecified atom stereocenters. The third kappa shape index (κ3) is 5.50. The smallest absolute Gasteiger partial charge is 0.379 e. The van der Waals surface area contributed by atoms with E-state index in [4.69, 9.17) is 0 Å². The molecule has 286 valence electrons. The number of nitrogens with zero attached hydrogens (tertiary/aromatic N) is 2. The van der Waals surface area contributed by atoms with Gasteiger partial charge < -0.3 is 14.5 Å². The maximum atomic E-state index is 14.9. The van der Waals surface area contributed by atoms with Crippen LogP contribution in [0.1, 0.15) is 5.56 Å². The lowest BCUT2D eigenvalue weighted by atomic mass is 9.94. The summed E-state index contributed by atoms with van der Waals surface area (Å²) in [5, 5.41) is 4.96. The largest absolute Gasteiger partial charge is 0.460 e. The molecule has 55 heavy (non-hydrogen) atoms. The van der Waals surface area contributed by atoms with Crippen molar-refractivity contribution in [2.24, 2.45) is 0 Å². The molecule has 1 N–H and O–H groups in total. The molecule has 0 radical (unpaired) electrons. The van der Waals surface area contributed by atoms with Crippen LogP contribution in [0.4, 0.5) is 57.1 Å². The Morgan fingerprint density at radius 1 is 0.455 bits per heavy atom. The van der Waals surface area contributed by atoms with Crippen molar-refractivity contribution >= 4 is 49.3 Å². The van der Waals surface area contributed by atoms with Crippen LogP contribution in [0.25, 0.3) is 60.7 Å². The summed E-state index contributed by atoms with van der Waals surface area (Å²) in [6.45, 7) is 0.942. The number of aromatic nitrogens is 2. The quantitative estimate of drug-likeness (QED) is 0.137. The number of rotatable bonds is 10. The van der Waals surface area contributed by atoms with E-state index in [1.54, 1.807) is 59.9 Å². The van der Waals surface area contributed by atoms with Gasteiger partial charge in [-0.3, -0.25) is 0 Å². The highest BCUT2D eigenvalue weighted by Crippen LogP contribution is 2.60. The van der Waals surface area contributed by atoms with Gasteiger partial charge in [-0.2, -0.15) is 57.1 Å². The van der Waals surface area contributed by atoms with E-state index in [-0.39, 0.29) is 5.56 Å². The van der Waals surface area contributed by atoms with Gasteiger partial charge in [-0.1, -0.05) is 79.4 Å². The number of para-hydroxylation sites is 4. The average molecular weight is 782 g/mol. The monoisotopic (exact) mass is 781 g/mol. The van der Waals surface area contributed by atoms with Gasteiger partial charge in [0.15, 0.2) is 0 Å². The lowest BCUT2D eigenvalue weighted by Crippen LogP contribution is -2.71. The van der Waals surface area contributed by atoms with Crippen molar-refractivity contribution in [2.45, 2.75) is 35.8 Å². The predicted octanol–water partition coefficient (Wildman–Crippen LogP) is 12.2. The molecule has 0 atom stereocenters. The normalized spacial score (nSPS) is 13.7. The van der Waals surface area contributed by atoms with Crippen molar-refractivity contribution in [2.75, 3.05) is 6.54 Å². The average Bonchev–Trinajstić information content (AvgIpc) is 3.66. The highest BCUT2D eigenvalue weighted by atomic mass is 19.4. The third-order valence-electron chi connectivity index (χ3n) is 9.45. The van der Waals surface area contributed by atoms with Gasteiger partial charge in [0.2, 0.25) is 0 Å². The standard InChI is InChI=1S/C39H24F13N3/c1-22(53-21-34(40,41)35(42,43)36(44,45)37(46,47)38(48,49)39(50,51)52)23-18-24(54-30-14-6-2-10-26(30)27-11-3-7-15-31(27)54)20-25(19-23)55-32-16-8-4-12-28(32)29-13-5-9-17-33(29)55/h2-20,53H,1,21H2. The van der Waals surface area contributed by atoms with Crippen molar-refractivity contribution in [3.8, 4) is 11.4 Å². The molecule has 0 amide bonds. The lowest BCUT2D eigenvalue weighted by molar-refractivity contribution is -0.439. The molecule has 16 heteroatoms. The molecule has 0 aliphatic carbocycles. The van der Waals surface area contributed by atoms with E-state index in [9.17, 15) is 57.1 Å². The molecule has 0 aliphatic rings. The van der Waals surface area contributed by atoms with Gasteiger partial charge in [0, 0.05) is 44.2 Å². The van der Waals surface area contributed by atoms with Crippen LogP contribution in [-0.4, -0.2) is 51.5 Å². The Balaban J connectivity index is 1.35. The van der Waals surface area contributed by atoms with E-state index in [1.165, 1.54) is 12.1 Å². The van der Waals surface area contributed by atoms with Crippen molar-refractivity contribution in [1.82, 2.24) is 14.5 Å². The number of benzene rings is 5.